The lowest BCUT2D eigenvalue weighted by Gasteiger charge is -2.36. The predicted molar refractivity (Wildman–Crippen MR) is 69.9 cm³/mol. The quantitative estimate of drug-likeness (QED) is 0.822. The van der Waals surface area contributed by atoms with Crippen LogP contribution in [0, 0.1) is 0 Å². The zero-order valence-corrected chi connectivity index (χ0v) is 11.0. The minimum atomic E-state index is 0.113. The van der Waals surface area contributed by atoms with E-state index in [0.717, 1.165) is 26.2 Å². The van der Waals surface area contributed by atoms with Crippen LogP contribution < -0.4 is 5.73 Å². The van der Waals surface area contributed by atoms with Gasteiger partial charge in [0.25, 0.3) is 0 Å². The van der Waals surface area contributed by atoms with E-state index in [0.29, 0.717) is 11.9 Å². The van der Waals surface area contributed by atoms with Crippen molar-refractivity contribution in [3.05, 3.63) is 12.3 Å². The molecule has 2 N–H and O–H groups in total. The van der Waals surface area contributed by atoms with Crippen LogP contribution in [0.4, 0.5) is 5.82 Å². The summed E-state index contributed by atoms with van der Waals surface area (Å²) in [6.45, 7) is 8.14. The number of anilines is 1. The maximum Gasteiger partial charge on any atom is 0.244 e. The summed E-state index contributed by atoms with van der Waals surface area (Å²) in [5, 5.41) is 4.03. The Morgan fingerprint density at radius 1 is 1.39 bits per heavy atom. The molecule has 0 radical (unpaired) electrons. The highest BCUT2D eigenvalue weighted by atomic mass is 16.2. The summed E-state index contributed by atoms with van der Waals surface area (Å²) >= 11 is 0. The molecule has 0 atom stereocenters. The third kappa shape index (κ3) is 3.01. The van der Waals surface area contributed by atoms with Crippen molar-refractivity contribution in [3.8, 4) is 0 Å². The van der Waals surface area contributed by atoms with Crippen LogP contribution >= 0.6 is 0 Å². The number of amides is 1. The molecule has 1 aliphatic heterocycles. The monoisotopic (exact) mass is 251 g/mol. The number of nitrogen functional groups attached to an aromatic ring is 1. The summed E-state index contributed by atoms with van der Waals surface area (Å²) in [5.41, 5.74) is 5.52. The Balaban J connectivity index is 1.84. The highest BCUT2D eigenvalue weighted by Gasteiger charge is 2.22. The fraction of sp³-hybridized carbons (Fsp3) is 0.667. The molecule has 0 spiro atoms. The number of piperazine rings is 1. The molecule has 0 saturated carbocycles. The summed E-state index contributed by atoms with van der Waals surface area (Å²) in [5.74, 6) is 0.564. The van der Waals surface area contributed by atoms with Crippen LogP contribution in [0.25, 0.3) is 0 Å². The minimum Gasteiger partial charge on any atom is -0.382 e. The summed E-state index contributed by atoms with van der Waals surface area (Å²) < 4.78 is 1.59. The van der Waals surface area contributed by atoms with Gasteiger partial charge in [0.1, 0.15) is 12.4 Å². The van der Waals surface area contributed by atoms with Crippen LogP contribution in [0.15, 0.2) is 12.3 Å². The van der Waals surface area contributed by atoms with Gasteiger partial charge in [0.05, 0.1) is 0 Å². The maximum absolute atomic E-state index is 12.1. The molecular formula is C12H21N5O. The van der Waals surface area contributed by atoms with Gasteiger partial charge in [-0.3, -0.25) is 14.4 Å². The van der Waals surface area contributed by atoms with E-state index < -0.39 is 0 Å². The number of carbonyl (C=O) groups is 1. The molecule has 1 aromatic rings. The van der Waals surface area contributed by atoms with E-state index in [1.807, 2.05) is 4.90 Å². The van der Waals surface area contributed by atoms with Crippen LogP contribution in [0.3, 0.4) is 0 Å². The molecule has 1 aromatic heterocycles. The molecule has 6 nitrogen and oxygen atoms in total. The lowest BCUT2D eigenvalue weighted by atomic mass is 10.2. The first-order valence-corrected chi connectivity index (χ1v) is 6.37. The fourth-order valence-electron chi connectivity index (χ4n) is 2.19. The van der Waals surface area contributed by atoms with Crippen LogP contribution in [-0.4, -0.2) is 57.7 Å². The fourth-order valence-corrected chi connectivity index (χ4v) is 2.19. The van der Waals surface area contributed by atoms with Gasteiger partial charge in [-0.2, -0.15) is 5.10 Å². The molecule has 100 valence electrons. The molecule has 1 amide bonds. The number of hydrogen-bond donors (Lipinski definition) is 1. The summed E-state index contributed by atoms with van der Waals surface area (Å²) in [6.07, 6.45) is 1.73. The summed E-state index contributed by atoms with van der Waals surface area (Å²) in [6, 6.07) is 2.25. The minimum absolute atomic E-state index is 0.113. The largest absolute Gasteiger partial charge is 0.382 e. The molecule has 0 aliphatic carbocycles. The van der Waals surface area contributed by atoms with Gasteiger partial charge in [0.2, 0.25) is 5.91 Å². The number of rotatable bonds is 3. The molecular weight excluding hydrogens is 230 g/mol. The predicted octanol–water partition coefficient (Wildman–Crippen LogP) is 0.0179. The molecule has 0 bridgehead atoms. The van der Waals surface area contributed by atoms with Crippen LogP contribution in [0.5, 0.6) is 0 Å². The highest BCUT2D eigenvalue weighted by Crippen LogP contribution is 2.07. The average molecular weight is 251 g/mol. The molecule has 1 fully saturated rings. The van der Waals surface area contributed by atoms with E-state index in [1.54, 1.807) is 16.9 Å². The molecule has 1 aliphatic rings. The van der Waals surface area contributed by atoms with Gasteiger partial charge in [0, 0.05) is 38.4 Å². The number of nitrogens with two attached hydrogens (primary N) is 1. The first-order chi connectivity index (χ1) is 8.56. The first kappa shape index (κ1) is 12.9. The van der Waals surface area contributed by atoms with E-state index in [9.17, 15) is 4.79 Å². The zero-order chi connectivity index (χ0) is 13.1. The highest BCUT2D eigenvalue weighted by molar-refractivity contribution is 5.76. The van der Waals surface area contributed by atoms with E-state index in [4.69, 9.17) is 5.73 Å². The standard InChI is InChI=1S/C12H21N5O/c1-10(2)15-5-7-16(8-6-15)12(18)9-17-4-3-11(13)14-17/h3-4,10H,5-9H2,1-2H3,(H2,13,14). The second-order valence-corrected chi connectivity index (χ2v) is 4.95. The van der Waals surface area contributed by atoms with Gasteiger partial charge in [-0.1, -0.05) is 0 Å². The molecule has 0 unspecified atom stereocenters. The van der Waals surface area contributed by atoms with Crippen LogP contribution in [0.2, 0.25) is 0 Å². The second kappa shape index (κ2) is 5.39. The van der Waals surface area contributed by atoms with Gasteiger partial charge >= 0.3 is 0 Å². The van der Waals surface area contributed by atoms with Gasteiger partial charge in [-0.05, 0) is 19.9 Å². The van der Waals surface area contributed by atoms with E-state index in [2.05, 4.69) is 23.8 Å². The van der Waals surface area contributed by atoms with Crippen molar-refractivity contribution in [2.24, 2.45) is 0 Å². The van der Waals surface area contributed by atoms with Crippen molar-refractivity contribution < 1.29 is 4.79 Å². The lowest BCUT2D eigenvalue weighted by molar-refractivity contribution is -0.134. The van der Waals surface area contributed by atoms with E-state index in [-0.39, 0.29) is 12.5 Å². The summed E-state index contributed by atoms with van der Waals surface area (Å²) in [7, 11) is 0. The number of hydrogen-bond acceptors (Lipinski definition) is 4. The van der Waals surface area contributed by atoms with Crippen molar-refractivity contribution in [2.75, 3.05) is 31.9 Å². The average Bonchev–Trinajstić information content (AvgIpc) is 2.75. The third-order valence-corrected chi connectivity index (χ3v) is 3.36. The Morgan fingerprint density at radius 2 is 2.06 bits per heavy atom. The number of carbonyl (C=O) groups excluding carboxylic acids is 1. The summed E-state index contributed by atoms with van der Waals surface area (Å²) in [4.78, 5) is 16.3. The van der Waals surface area contributed by atoms with Crippen LogP contribution in [-0.2, 0) is 11.3 Å². The molecule has 6 heteroatoms. The third-order valence-electron chi connectivity index (χ3n) is 3.36. The van der Waals surface area contributed by atoms with Crippen molar-refractivity contribution in [3.63, 3.8) is 0 Å². The number of aromatic nitrogens is 2. The molecule has 2 rings (SSSR count). The number of nitrogens with zero attached hydrogens (tertiary/aromatic N) is 4. The van der Waals surface area contributed by atoms with Crippen molar-refractivity contribution in [2.45, 2.75) is 26.4 Å². The SMILES string of the molecule is CC(C)N1CCN(C(=O)Cn2ccc(N)n2)CC1. The molecule has 2 heterocycles. The van der Waals surface area contributed by atoms with Gasteiger partial charge in [-0.25, -0.2) is 0 Å². The molecule has 1 saturated heterocycles. The van der Waals surface area contributed by atoms with Gasteiger partial charge < -0.3 is 10.6 Å². The lowest BCUT2D eigenvalue weighted by Crippen LogP contribution is -2.51. The van der Waals surface area contributed by atoms with E-state index >= 15 is 0 Å². The second-order valence-electron chi connectivity index (χ2n) is 4.95. The Bertz CT molecular complexity index is 406. The molecule has 18 heavy (non-hydrogen) atoms. The zero-order valence-electron chi connectivity index (χ0n) is 11.0. The first-order valence-electron chi connectivity index (χ1n) is 6.37. The smallest absolute Gasteiger partial charge is 0.244 e. The van der Waals surface area contributed by atoms with Gasteiger partial charge in [0.15, 0.2) is 0 Å². The Labute approximate surface area is 107 Å². The van der Waals surface area contributed by atoms with Crippen molar-refractivity contribution in [1.29, 1.82) is 0 Å². The van der Waals surface area contributed by atoms with Gasteiger partial charge in [-0.15, -0.1) is 0 Å². The van der Waals surface area contributed by atoms with Crippen molar-refractivity contribution in [1.82, 2.24) is 19.6 Å². The van der Waals surface area contributed by atoms with E-state index in [1.165, 1.54) is 0 Å². The maximum atomic E-state index is 12.1. The Hall–Kier alpha value is -1.56. The normalized spacial score (nSPS) is 17.4. The topological polar surface area (TPSA) is 67.4 Å². The Morgan fingerprint density at radius 3 is 2.56 bits per heavy atom. The van der Waals surface area contributed by atoms with Crippen LogP contribution in [0.1, 0.15) is 13.8 Å². The van der Waals surface area contributed by atoms with Crippen molar-refractivity contribution >= 4 is 11.7 Å². The molecule has 0 aromatic carbocycles. The Kier molecular flexibility index (Phi) is 3.86.